The summed E-state index contributed by atoms with van der Waals surface area (Å²) in [7, 11) is 0. The number of aromatic nitrogens is 1. The molecule has 28 heavy (non-hydrogen) atoms. The summed E-state index contributed by atoms with van der Waals surface area (Å²) in [6.45, 7) is 3.96. The van der Waals surface area contributed by atoms with Crippen LogP contribution in [-0.2, 0) is 17.8 Å². The number of hydrogen-bond acceptors (Lipinski definition) is 5. The quantitative estimate of drug-likeness (QED) is 0.609. The third kappa shape index (κ3) is 4.70. The number of ether oxygens (including phenoxy) is 1. The minimum absolute atomic E-state index is 0.284. The largest absolute Gasteiger partial charge is 0.479 e. The van der Waals surface area contributed by atoms with Gasteiger partial charge in [-0.25, -0.2) is 4.79 Å². The van der Waals surface area contributed by atoms with Crippen LogP contribution in [-0.4, -0.2) is 17.0 Å². The van der Waals surface area contributed by atoms with Crippen molar-refractivity contribution in [3.8, 4) is 5.75 Å². The van der Waals surface area contributed by atoms with Gasteiger partial charge >= 0.3 is 5.63 Å². The van der Waals surface area contributed by atoms with Gasteiger partial charge in [0, 0.05) is 23.7 Å². The minimum Gasteiger partial charge on any atom is -0.479 e. The number of amides is 1. The zero-order valence-electron chi connectivity index (χ0n) is 15.7. The van der Waals surface area contributed by atoms with E-state index in [4.69, 9.17) is 20.8 Å². The molecule has 1 N–H and O–H groups in total. The number of nitrogens with one attached hydrogen (secondary N) is 1. The third-order valence-electron chi connectivity index (χ3n) is 4.24. The molecule has 0 radical (unpaired) electrons. The van der Waals surface area contributed by atoms with Crippen molar-refractivity contribution >= 4 is 28.5 Å². The summed E-state index contributed by atoms with van der Waals surface area (Å²) < 4.78 is 11.0. The average Bonchev–Trinajstić information content (AvgIpc) is 2.68. The van der Waals surface area contributed by atoms with Crippen molar-refractivity contribution in [3.63, 3.8) is 0 Å². The van der Waals surface area contributed by atoms with Crippen molar-refractivity contribution in [2.75, 3.05) is 0 Å². The maximum Gasteiger partial charge on any atom is 0.336 e. The fourth-order valence-corrected chi connectivity index (χ4v) is 3.07. The van der Waals surface area contributed by atoms with Crippen LogP contribution in [0.1, 0.15) is 31.5 Å². The number of benzene rings is 1. The molecule has 0 aliphatic heterocycles. The summed E-state index contributed by atoms with van der Waals surface area (Å²) in [5.41, 5.74) is 1.59. The van der Waals surface area contributed by atoms with Gasteiger partial charge < -0.3 is 14.5 Å². The molecule has 146 valence electrons. The standard InChI is InChI=1S/C21H21ClN2O4/c1-3-6-14-9-20(25)28-18-11-19(17(22)10-16(14)18)27-13(2)21(26)24-12-15-7-4-5-8-23-15/h4-5,7-11,13H,3,6,12H2,1-2H3,(H,24,26)/t13-/m0/s1. The fraction of sp³-hybridized carbons (Fsp3) is 0.286. The number of hydrogen-bond donors (Lipinski definition) is 1. The second-order valence-corrected chi connectivity index (χ2v) is 6.83. The molecule has 0 spiro atoms. The van der Waals surface area contributed by atoms with E-state index in [1.807, 2.05) is 25.1 Å². The number of aryl methyl sites for hydroxylation is 1. The Morgan fingerprint density at radius 3 is 2.86 bits per heavy atom. The van der Waals surface area contributed by atoms with Crippen molar-refractivity contribution in [3.05, 3.63) is 69.3 Å². The molecule has 0 aliphatic rings. The van der Waals surface area contributed by atoms with Crippen LogP contribution >= 0.6 is 11.6 Å². The zero-order chi connectivity index (χ0) is 20.1. The fourth-order valence-electron chi connectivity index (χ4n) is 2.86. The Hall–Kier alpha value is -2.86. The van der Waals surface area contributed by atoms with Crippen molar-refractivity contribution < 1.29 is 13.9 Å². The molecular weight excluding hydrogens is 380 g/mol. The first-order valence-electron chi connectivity index (χ1n) is 9.08. The minimum atomic E-state index is -0.788. The molecule has 0 saturated heterocycles. The number of carbonyl (C=O) groups excluding carboxylic acids is 1. The number of fused-ring (bicyclic) bond motifs is 1. The Kier molecular flexibility index (Phi) is 6.31. The van der Waals surface area contributed by atoms with E-state index in [-0.39, 0.29) is 11.7 Å². The number of halogens is 1. The van der Waals surface area contributed by atoms with Gasteiger partial charge in [-0.2, -0.15) is 0 Å². The SMILES string of the molecule is CCCc1cc(=O)oc2cc(O[C@@H](C)C(=O)NCc3ccccn3)c(Cl)cc12. The van der Waals surface area contributed by atoms with Crippen LogP contribution in [0.15, 0.2) is 51.8 Å². The average molecular weight is 401 g/mol. The monoisotopic (exact) mass is 400 g/mol. The van der Waals surface area contributed by atoms with Gasteiger partial charge in [-0.05, 0) is 37.1 Å². The van der Waals surface area contributed by atoms with E-state index in [1.165, 1.54) is 6.07 Å². The van der Waals surface area contributed by atoms with Crippen molar-refractivity contribution in [2.24, 2.45) is 0 Å². The molecule has 2 heterocycles. The smallest absolute Gasteiger partial charge is 0.336 e. The molecule has 2 aromatic heterocycles. The predicted molar refractivity (Wildman–Crippen MR) is 108 cm³/mol. The first-order valence-corrected chi connectivity index (χ1v) is 9.46. The highest BCUT2D eigenvalue weighted by atomic mass is 35.5. The molecular formula is C21H21ClN2O4. The molecule has 0 fully saturated rings. The van der Waals surface area contributed by atoms with E-state index in [0.717, 1.165) is 29.5 Å². The Bertz CT molecular complexity index is 1030. The van der Waals surface area contributed by atoms with E-state index in [2.05, 4.69) is 10.3 Å². The van der Waals surface area contributed by atoms with Crippen LogP contribution in [0.2, 0.25) is 5.02 Å². The Morgan fingerprint density at radius 2 is 2.14 bits per heavy atom. The van der Waals surface area contributed by atoms with E-state index in [0.29, 0.717) is 17.2 Å². The Labute approximate surface area is 167 Å². The second-order valence-electron chi connectivity index (χ2n) is 6.42. The molecule has 0 bridgehead atoms. The number of pyridine rings is 1. The molecule has 1 atom stereocenters. The number of carbonyl (C=O) groups is 1. The van der Waals surface area contributed by atoms with E-state index < -0.39 is 11.7 Å². The molecule has 3 aromatic rings. The van der Waals surface area contributed by atoms with Gasteiger partial charge in [-0.3, -0.25) is 9.78 Å². The summed E-state index contributed by atoms with van der Waals surface area (Å²) in [4.78, 5) is 28.3. The lowest BCUT2D eigenvalue weighted by molar-refractivity contribution is -0.127. The second kappa shape index (κ2) is 8.89. The van der Waals surface area contributed by atoms with Crippen LogP contribution in [0, 0.1) is 0 Å². The predicted octanol–water partition coefficient (Wildman–Crippen LogP) is 3.88. The summed E-state index contributed by atoms with van der Waals surface area (Å²) in [6.07, 6.45) is 2.51. The lowest BCUT2D eigenvalue weighted by Gasteiger charge is -2.16. The molecule has 3 rings (SSSR count). The molecule has 6 nitrogen and oxygen atoms in total. The van der Waals surface area contributed by atoms with Gasteiger partial charge in [0.2, 0.25) is 0 Å². The summed E-state index contributed by atoms with van der Waals surface area (Å²) in [5.74, 6) is -0.0190. The van der Waals surface area contributed by atoms with Crippen molar-refractivity contribution in [2.45, 2.75) is 39.3 Å². The summed E-state index contributed by atoms with van der Waals surface area (Å²) >= 11 is 6.35. The highest BCUT2D eigenvalue weighted by Crippen LogP contribution is 2.32. The first-order chi connectivity index (χ1) is 13.5. The highest BCUT2D eigenvalue weighted by molar-refractivity contribution is 6.32. The van der Waals surface area contributed by atoms with Crippen molar-refractivity contribution in [1.29, 1.82) is 0 Å². The van der Waals surface area contributed by atoms with Crippen LogP contribution in [0.5, 0.6) is 5.75 Å². The molecule has 1 aromatic carbocycles. The zero-order valence-corrected chi connectivity index (χ0v) is 16.5. The highest BCUT2D eigenvalue weighted by Gasteiger charge is 2.18. The molecule has 0 aliphatic carbocycles. The molecule has 0 saturated carbocycles. The normalized spacial score (nSPS) is 12.0. The molecule has 0 unspecified atom stereocenters. The van der Waals surface area contributed by atoms with Gasteiger partial charge in [0.1, 0.15) is 11.3 Å². The van der Waals surface area contributed by atoms with Gasteiger partial charge in [0.15, 0.2) is 6.10 Å². The van der Waals surface area contributed by atoms with Crippen LogP contribution in [0.25, 0.3) is 11.0 Å². The van der Waals surface area contributed by atoms with Crippen LogP contribution < -0.4 is 15.7 Å². The molecule has 1 amide bonds. The molecule has 7 heteroatoms. The number of nitrogens with zero attached hydrogens (tertiary/aromatic N) is 1. The number of rotatable bonds is 7. The van der Waals surface area contributed by atoms with Gasteiger partial charge in [-0.15, -0.1) is 0 Å². The Morgan fingerprint density at radius 1 is 1.32 bits per heavy atom. The lowest BCUT2D eigenvalue weighted by atomic mass is 10.1. The third-order valence-corrected chi connectivity index (χ3v) is 4.54. The van der Waals surface area contributed by atoms with Gasteiger partial charge in [0.05, 0.1) is 17.3 Å². The maximum atomic E-state index is 12.3. The topological polar surface area (TPSA) is 81.4 Å². The van der Waals surface area contributed by atoms with Crippen molar-refractivity contribution in [1.82, 2.24) is 10.3 Å². The van der Waals surface area contributed by atoms with E-state index >= 15 is 0 Å². The summed E-state index contributed by atoms with van der Waals surface area (Å²) in [5, 5.41) is 3.89. The van der Waals surface area contributed by atoms with E-state index in [9.17, 15) is 9.59 Å². The van der Waals surface area contributed by atoms with Gasteiger partial charge in [0.25, 0.3) is 5.91 Å². The van der Waals surface area contributed by atoms with E-state index in [1.54, 1.807) is 25.3 Å². The first kappa shape index (κ1) is 19.9. The van der Waals surface area contributed by atoms with Crippen LogP contribution in [0.4, 0.5) is 0 Å². The Balaban J connectivity index is 1.76. The lowest BCUT2D eigenvalue weighted by Crippen LogP contribution is -2.36. The summed E-state index contributed by atoms with van der Waals surface area (Å²) in [6, 6.07) is 10.2. The van der Waals surface area contributed by atoms with Gasteiger partial charge in [-0.1, -0.05) is 31.0 Å². The van der Waals surface area contributed by atoms with Crippen LogP contribution in [0.3, 0.4) is 0 Å². The maximum absolute atomic E-state index is 12.3.